The van der Waals surface area contributed by atoms with Gasteiger partial charge >= 0.3 is 0 Å². The molecule has 0 saturated heterocycles. The van der Waals surface area contributed by atoms with Crippen molar-refractivity contribution in [2.24, 2.45) is 0 Å². The summed E-state index contributed by atoms with van der Waals surface area (Å²) in [5.41, 5.74) is 0.753. The molecule has 0 fully saturated rings. The first-order valence-corrected chi connectivity index (χ1v) is 6.01. The van der Waals surface area contributed by atoms with Gasteiger partial charge in [0.1, 0.15) is 5.82 Å². The number of rotatable bonds is 4. The maximum absolute atomic E-state index is 12.7. The maximum Gasteiger partial charge on any atom is 0.170 e. The van der Waals surface area contributed by atoms with Crippen molar-refractivity contribution in [1.82, 2.24) is 0 Å². The van der Waals surface area contributed by atoms with Crippen molar-refractivity contribution < 1.29 is 14.0 Å². The van der Waals surface area contributed by atoms with Crippen LogP contribution in [-0.2, 0) is 0 Å². The fraction of sp³-hybridized carbons (Fsp3) is 0.0667. The average Bonchev–Trinajstić information content (AvgIpc) is 2.40. The lowest BCUT2D eigenvalue weighted by atomic mass is 10.0. The van der Waals surface area contributed by atoms with Crippen LogP contribution < -0.4 is 0 Å². The maximum atomic E-state index is 12.7. The highest BCUT2D eigenvalue weighted by Gasteiger charge is 2.13. The summed E-state index contributed by atoms with van der Waals surface area (Å²) in [6, 6.07) is 11.5. The Hall–Kier alpha value is -2.00. The number of halogens is 2. The number of benzene rings is 2. The van der Waals surface area contributed by atoms with Gasteiger partial charge in [0.05, 0.1) is 6.42 Å². The molecule has 0 aromatic heterocycles. The Morgan fingerprint density at radius 2 is 1.26 bits per heavy atom. The summed E-state index contributed by atoms with van der Waals surface area (Å²) in [5.74, 6) is -1.04. The Labute approximate surface area is 114 Å². The average molecular weight is 277 g/mol. The van der Waals surface area contributed by atoms with Crippen molar-refractivity contribution in [1.29, 1.82) is 0 Å². The van der Waals surface area contributed by atoms with Crippen LogP contribution in [0.3, 0.4) is 0 Å². The number of hydrogen-bond donors (Lipinski definition) is 0. The van der Waals surface area contributed by atoms with Crippen LogP contribution in [0, 0.1) is 5.82 Å². The van der Waals surface area contributed by atoms with Crippen molar-refractivity contribution in [2.75, 3.05) is 0 Å². The van der Waals surface area contributed by atoms with Crippen molar-refractivity contribution in [2.45, 2.75) is 6.42 Å². The molecule has 2 nitrogen and oxygen atoms in total. The Morgan fingerprint density at radius 3 is 1.74 bits per heavy atom. The van der Waals surface area contributed by atoms with Crippen LogP contribution in [0.4, 0.5) is 4.39 Å². The molecule has 0 N–H and O–H groups in total. The largest absolute Gasteiger partial charge is 0.294 e. The summed E-state index contributed by atoms with van der Waals surface area (Å²) in [6.07, 6.45) is -0.243. The third kappa shape index (κ3) is 3.48. The minimum absolute atomic E-state index is 0.243. The molecule has 2 aromatic rings. The van der Waals surface area contributed by atoms with E-state index in [9.17, 15) is 14.0 Å². The van der Waals surface area contributed by atoms with Gasteiger partial charge in [0, 0.05) is 16.1 Å². The Kier molecular flexibility index (Phi) is 4.07. The number of hydrogen-bond acceptors (Lipinski definition) is 2. The minimum Gasteiger partial charge on any atom is -0.294 e. The van der Waals surface area contributed by atoms with E-state index in [1.54, 1.807) is 24.3 Å². The van der Waals surface area contributed by atoms with E-state index in [0.29, 0.717) is 16.1 Å². The summed E-state index contributed by atoms with van der Waals surface area (Å²) in [6.45, 7) is 0. The van der Waals surface area contributed by atoms with E-state index in [-0.39, 0.29) is 18.0 Å². The molecular weight excluding hydrogens is 267 g/mol. The summed E-state index contributed by atoms with van der Waals surface area (Å²) in [5, 5.41) is 0.529. The van der Waals surface area contributed by atoms with Gasteiger partial charge in [-0.1, -0.05) is 11.6 Å². The topological polar surface area (TPSA) is 34.1 Å². The molecule has 0 bridgehead atoms. The van der Waals surface area contributed by atoms with Crippen LogP contribution in [0.1, 0.15) is 27.1 Å². The molecule has 4 heteroatoms. The first-order chi connectivity index (χ1) is 9.06. The molecule has 96 valence electrons. The quantitative estimate of drug-likeness (QED) is 0.626. The third-order valence-electron chi connectivity index (χ3n) is 2.65. The fourth-order valence-electron chi connectivity index (χ4n) is 1.62. The second-order valence-electron chi connectivity index (χ2n) is 4.04. The van der Waals surface area contributed by atoms with E-state index in [2.05, 4.69) is 0 Å². The Morgan fingerprint density at radius 1 is 0.842 bits per heavy atom. The van der Waals surface area contributed by atoms with Gasteiger partial charge in [-0.3, -0.25) is 9.59 Å². The van der Waals surface area contributed by atoms with Crippen molar-refractivity contribution in [3.63, 3.8) is 0 Å². The first-order valence-electron chi connectivity index (χ1n) is 5.64. The molecule has 0 spiro atoms. The van der Waals surface area contributed by atoms with E-state index in [4.69, 9.17) is 11.6 Å². The van der Waals surface area contributed by atoms with Gasteiger partial charge in [0.2, 0.25) is 0 Å². The Bertz CT molecular complexity index is 548. The van der Waals surface area contributed by atoms with Gasteiger partial charge in [0.25, 0.3) is 0 Å². The molecule has 0 radical (unpaired) electrons. The van der Waals surface area contributed by atoms with Gasteiger partial charge in [-0.05, 0) is 48.5 Å². The summed E-state index contributed by atoms with van der Waals surface area (Å²) < 4.78 is 12.7. The normalized spacial score (nSPS) is 10.2. The molecule has 0 aliphatic rings. The molecule has 0 aliphatic heterocycles. The molecule has 0 heterocycles. The first kappa shape index (κ1) is 13.4. The van der Waals surface area contributed by atoms with Crippen LogP contribution >= 0.6 is 11.6 Å². The molecule has 0 amide bonds. The van der Waals surface area contributed by atoms with Gasteiger partial charge in [-0.15, -0.1) is 0 Å². The molecule has 0 unspecified atom stereocenters. The predicted molar refractivity (Wildman–Crippen MR) is 71.1 cm³/mol. The predicted octanol–water partition coefficient (Wildman–Crippen LogP) is 3.93. The standard InChI is InChI=1S/C15H10ClFO2/c16-12-5-1-10(2-6-12)14(18)9-15(19)11-3-7-13(17)8-4-11/h1-8H,9H2. The molecule has 0 aliphatic carbocycles. The molecule has 0 atom stereocenters. The number of carbonyl (C=O) groups is 2. The zero-order chi connectivity index (χ0) is 13.8. The van der Waals surface area contributed by atoms with Gasteiger partial charge in [-0.2, -0.15) is 0 Å². The molecule has 2 rings (SSSR count). The van der Waals surface area contributed by atoms with Crippen molar-refractivity contribution in [3.8, 4) is 0 Å². The van der Waals surface area contributed by atoms with Crippen LogP contribution in [0.5, 0.6) is 0 Å². The molecular formula is C15H10ClFO2. The zero-order valence-corrected chi connectivity index (χ0v) is 10.7. The highest BCUT2D eigenvalue weighted by atomic mass is 35.5. The van der Waals surface area contributed by atoms with E-state index >= 15 is 0 Å². The van der Waals surface area contributed by atoms with Crippen LogP contribution in [-0.4, -0.2) is 11.6 Å². The van der Waals surface area contributed by atoms with Crippen molar-refractivity contribution in [3.05, 3.63) is 70.5 Å². The van der Waals surface area contributed by atoms with Crippen molar-refractivity contribution >= 4 is 23.2 Å². The van der Waals surface area contributed by atoms with Crippen LogP contribution in [0.25, 0.3) is 0 Å². The third-order valence-corrected chi connectivity index (χ3v) is 2.91. The number of Topliss-reactive ketones (excluding diaryl/α,β-unsaturated/α-hetero) is 2. The Balaban J connectivity index is 2.08. The molecule has 19 heavy (non-hydrogen) atoms. The highest BCUT2D eigenvalue weighted by molar-refractivity contribution is 6.30. The van der Waals surface area contributed by atoms with Crippen LogP contribution in [0.15, 0.2) is 48.5 Å². The highest BCUT2D eigenvalue weighted by Crippen LogP contribution is 2.13. The smallest absolute Gasteiger partial charge is 0.170 e. The summed E-state index contributed by atoms with van der Waals surface area (Å²) in [7, 11) is 0. The lowest BCUT2D eigenvalue weighted by Crippen LogP contribution is -2.08. The minimum atomic E-state index is -0.416. The molecule has 0 saturated carbocycles. The fourth-order valence-corrected chi connectivity index (χ4v) is 1.75. The monoisotopic (exact) mass is 276 g/mol. The summed E-state index contributed by atoms with van der Waals surface area (Å²) >= 11 is 5.72. The second-order valence-corrected chi connectivity index (χ2v) is 4.47. The lowest BCUT2D eigenvalue weighted by molar-refractivity contribution is 0.0894. The number of ketones is 2. The second kappa shape index (κ2) is 5.76. The summed E-state index contributed by atoms with van der Waals surface area (Å²) in [4.78, 5) is 23.7. The van der Waals surface area contributed by atoms with Gasteiger partial charge in [-0.25, -0.2) is 4.39 Å². The van der Waals surface area contributed by atoms with E-state index < -0.39 is 5.82 Å². The van der Waals surface area contributed by atoms with Gasteiger partial charge in [0.15, 0.2) is 11.6 Å². The zero-order valence-electron chi connectivity index (χ0n) is 9.90. The van der Waals surface area contributed by atoms with E-state index in [1.165, 1.54) is 24.3 Å². The van der Waals surface area contributed by atoms with Crippen LogP contribution in [0.2, 0.25) is 5.02 Å². The lowest BCUT2D eigenvalue weighted by Gasteiger charge is -2.01. The van der Waals surface area contributed by atoms with E-state index in [0.717, 1.165) is 0 Å². The SMILES string of the molecule is O=C(CC(=O)c1ccc(Cl)cc1)c1ccc(F)cc1. The van der Waals surface area contributed by atoms with E-state index in [1.807, 2.05) is 0 Å². The van der Waals surface area contributed by atoms with Gasteiger partial charge < -0.3 is 0 Å². The molecule has 2 aromatic carbocycles. The number of carbonyl (C=O) groups excluding carboxylic acids is 2.